The van der Waals surface area contributed by atoms with Crippen molar-refractivity contribution in [3.63, 3.8) is 0 Å². The van der Waals surface area contributed by atoms with Gasteiger partial charge in [0.2, 0.25) is 5.91 Å². The number of carbonyl (C=O) groups is 1. The van der Waals surface area contributed by atoms with Crippen molar-refractivity contribution in [1.82, 2.24) is 10.3 Å². The van der Waals surface area contributed by atoms with Gasteiger partial charge in [0, 0.05) is 17.6 Å². The average Bonchev–Trinajstić information content (AvgIpc) is 3.00. The molecule has 2 fully saturated rings. The van der Waals surface area contributed by atoms with E-state index in [1.54, 1.807) is 11.3 Å². The quantitative estimate of drug-likeness (QED) is 0.863. The molecule has 1 aromatic heterocycles. The van der Waals surface area contributed by atoms with E-state index in [1.807, 2.05) is 12.3 Å². The number of carbonyl (C=O) groups excluding carboxylic acids is 1. The minimum absolute atomic E-state index is 0.00861. The van der Waals surface area contributed by atoms with Crippen LogP contribution in [0.25, 0.3) is 0 Å². The number of amides is 1. The smallest absolute Gasteiger partial charge is 0.249 e. The lowest BCUT2D eigenvalue weighted by Crippen LogP contribution is -2.38. The van der Waals surface area contributed by atoms with Gasteiger partial charge in [-0.1, -0.05) is 0 Å². The van der Waals surface area contributed by atoms with E-state index >= 15 is 0 Å². The second-order valence-corrected chi connectivity index (χ2v) is 6.60. The van der Waals surface area contributed by atoms with Gasteiger partial charge in [-0.15, -0.1) is 11.3 Å². The van der Waals surface area contributed by atoms with Gasteiger partial charge >= 0.3 is 0 Å². The van der Waals surface area contributed by atoms with Crippen LogP contribution in [0.3, 0.4) is 0 Å². The number of nitrogens with two attached hydrogens (primary N) is 1. The molecule has 110 valence electrons. The van der Waals surface area contributed by atoms with Gasteiger partial charge in [-0.2, -0.15) is 0 Å². The van der Waals surface area contributed by atoms with Crippen LogP contribution in [0.4, 0.5) is 0 Å². The van der Waals surface area contributed by atoms with E-state index in [0.29, 0.717) is 12.5 Å². The van der Waals surface area contributed by atoms with Gasteiger partial charge in [-0.3, -0.25) is 4.79 Å². The molecule has 3 N–H and O–H groups in total. The Bertz CT molecular complexity index is 487. The lowest BCUT2D eigenvalue weighted by Gasteiger charge is -2.19. The van der Waals surface area contributed by atoms with Crippen molar-refractivity contribution in [2.24, 2.45) is 11.7 Å². The number of ether oxygens (including phenoxy) is 1. The molecule has 1 amide bonds. The van der Waals surface area contributed by atoms with E-state index in [0.717, 1.165) is 23.5 Å². The zero-order valence-electron chi connectivity index (χ0n) is 11.7. The van der Waals surface area contributed by atoms with Gasteiger partial charge in [0.05, 0.1) is 12.1 Å². The fourth-order valence-corrected chi connectivity index (χ4v) is 3.58. The highest BCUT2D eigenvalue weighted by molar-refractivity contribution is 7.09. The Morgan fingerprint density at radius 2 is 2.35 bits per heavy atom. The summed E-state index contributed by atoms with van der Waals surface area (Å²) in [4.78, 5) is 16.9. The third-order valence-electron chi connectivity index (χ3n) is 3.96. The lowest BCUT2D eigenvalue weighted by molar-refractivity contribution is -0.132. The number of rotatable bonds is 5. The molecule has 5 nitrogen and oxygen atoms in total. The Morgan fingerprint density at radius 1 is 1.55 bits per heavy atom. The molecule has 1 saturated carbocycles. The Kier molecular flexibility index (Phi) is 4.05. The summed E-state index contributed by atoms with van der Waals surface area (Å²) in [6, 6.07) is 0.0572. The van der Waals surface area contributed by atoms with Crippen molar-refractivity contribution in [3.8, 4) is 0 Å². The fraction of sp³-hybridized carbons (Fsp3) is 0.714. The first-order valence-corrected chi connectivity index (χ1v) is 8.13. The normalized spacial score (nSPS) is 27.5. The van der Waals surface area contributed by atoms with E-state index in [-0.39, 0.29) is 24.2 Å². The van der Waals surface area contributed by atoms with Crippen LogP contribution in [-0.4, -0.2) is 29.6 Å². The average molecular weight is 295 g/mol. The molecule has 0 radical (unpaired) electrons. The largest absolute Gasteiger partial charge is 0.364 e. The van der Waals surface area contributed by atoms with E-state index in [4.69, 9.17) is 10.5 Å². The first-order valence-electron chi connectivity index (χ1n) is 7.25. The van der Waals surface area contributed by atoms with Crippen LogP contribution in [-0.2, 0) is 9.53 Å². The maximum absolute atomic E-state index is 12.3. The van der Waals surface area contributed by atoms with Crippen molar-refractivity contribution >= 4 is 17.2 Å². The topological polar surface area (TPSA) is 77.2 Å². The van der Waals surface area contributed by atoms with Crippen LogP contribution in [0.2, 0.25) is 0 Å². The Morgan fingerprint density at radius 3 is 2.90 bits per heavy atom. The summed E-state index contributed by atoms with van der Waals surface area (Å²) >= 11 is 1.63. The molecular formula is C14H21N3O2S. The predicted octanol–water partition coefficient (Wildman–Crippen LogP) is 1.53. The van der Waals surface area contributed by atoms with Gasteiger partial charge in [-0.25, -0.2) is 4.98 Å². The maximum Gasteiger partial charge on any atom is 0.249 e. The Hall–Kier alpha value is -0.980. The van der Waals surface area contributed by atoms with Gasteiger partial charge in [-0.05, 0) is 38.5 Å². The molecule has 1 aromatic rings. The zero-order chi connectivity index (χ0) is 14.1. The van der Waals surface area contributed by atoms with E-state index < -0.39 is 0 Å². The van der Waals surface area contributed by atoms with Crippen molar-refractivity contribution in [1.29, 1.82) is 0 Å². The second-order valence-electron chi connectivity index (χ2n) is 5.71. The van der Waals surface area contributed by atoms with Crippen molar-refractivity contribution in [2.75, 3.05) is 6.54 Å². The number of thiazole rings is 1. The van der Waals surface area contributed by atoms with Crippen LogP contribution in [0.1, 0.15) is 42.4 Å². The molecular weight excluding hydrogens is 274 g/mol. The van der Waals surface area contributed by atoms with Crippen molar-refractivity contribution < 1.29 is 9.53 Å². The molecule has 0 bridgehead atoms. The highest BCUT2D eigenvalue weighted by Gasteiger charge is 2.38. The first-order chi connectivity index (χ1) is 9.67. The molecule has 2 heterocycles. The van der Waals surface area contributed by atoms with E-state index in [2.05, 4.69) is 10.3 Å². The molecule has 1 unspecified atom stereocenters. The number of nitrogens with zero attached hydrogens (tertiary/aromatic N) is 1. The Labute approximate surface area is 122 Å². The van der Waals surface area contributed by atoms with Gasteiger partial charge in [0.25, 0.3) is 0 Å². The number of nitrogens with one attached hydrogen (secondary N) is 1. The molecule has 2 aliphatic rings. The fourth-order valence-electron chi connectivity index (χ4n) is 2.64. The molecule has 6 heteroatoms. The second kappa shape index (κ2) is 5.79. The van der Waals surface area contributed by atoms with E-state index in [1.165, 1.54) is 12.8 Å². The molecule has 3 atom stereocenters. The van der Waals surface area contributed by atoms with Gasteiger partial charge in [0.15, 0.2) is 0 Å². The predicted molar refractivity (Wildman–Crippen MR) is 77.4 cm³/mol. The number of aromatic nitrogens is 1. The maximum atomic E-state index is 12.3. The monoisotopic (exact) mass is 295 g/mol. The number of hydrogen-bond donors (Lipinski definition) is 2. The molecule has 1 saturated heterocycles. The number of aryl methyl sites for hydroxylation is 1. The van der Waals surface area contributed by atoms with Crippen LogP contribution < -0.4 is 11.1 Å². The van der Waals surface area contributed by atoms with E-state index in [9.17, 15) is 4.79 Å². The summed E-state index contributed by atoms with van der Waals surface area (Å²) in [5.74, 6) is 0.530. The van der Waals surface area contributed by atoms with Crippen molar-refractivity contribution in [3.05, 3.63) is 16.1 Å². The zero-order valence-corrected chi connectivity index (χ0v) is 12.5. The van der Waals surface area contributed by atoms with Crippen molar-refractivity contribution in [2.45, 2.75) is 50.9 Å². The third-order valence-corrected chi connectivity index (χ3v) is 5.00. The summed E-state index contributed by atoms with van der Waals surface area (Å²) in [6.07, 6.45) is 3.67. The third kappa shape index (κ3) is 3.02. The summed E-state index contributed by atoms with van der Waals surface area (Å²) in [5.41, 5.74) is 6.60. The van der Waals surface area contributed by atoms with Gasteiger partial charge < -0.3 is 15.8 Å². The molecule has 0 aromatic carbocycles. The van der Waals surface area contributed by atoms with Crippen LogP contribution in [0.5, 0.6) is 0 Å². The molecule has 0 spiro atoms. The molecule has 1 aliphatic heterocycles. The molecule has 3 rings (SSSR count). The summed E-state index contributed by atoms with van der Waals surface area (Å²) in [7, 11) is 0. The summed E-state index contributed by atoms with van der Waals surface area (Å²) < 4.78 is 5.66. The van der Waals surface area contributed by atoms with Crippen LogP contribution in [0, 0.1) is 12.8 Å². The van der Waals surface area contributed by atoms with Crippen LogP contribution >= 0.6 is 11.3 Å². The Balaban J connectivity index is 1.63. The van der Waals surface area contributed by atoms with Gasteiger partial charge in [0.1, 0.15) is 11.1 Å². The SMILES string of the molecule is Cc1csc(C(NC(=O)[C@@H]2CC[C@H](CN)O2)C2CC2)n1. The summed E-state index contributed by atoms with van der Waals surface area (Å²) in [5, 5.41) is 6.19. The highest BCUT2D eigenvalue weighted by atomic mass is 32.1. The number of hydrogen-bond acceptors (Lipinski definition) is 5. The molecule has 20 heavy (non-hydrogen) atoms. The standard InChI is InChI=1S/C14H21N3O2S/c1-8-7-20-14(16-8)12(9-2-3-9)17-13(18)11-5-4-10(6-15)19-11/h7,9-12H,2-6,15H2,1H3,(H,17,18)/t10-,11+,12?/m1/s1. The minimum Gasteiger partial charge on any atom is -0.364 e. The first kappa shape index (κ1) is 14.0. The minimum atomic E-state index is -0.342. The lowest BCUT2D eigenvalue weighted by atomic mass is 10.1. The van der Waals surface area contributed by atoms with Crippen LogP contribution in [0.15, 0.2) is 5.38 Å². The highest BCUT2D eigenvalue weighted by Crippen LogP contribution is 2.42. The molecule has 1 aliphatic carbocycles. The summed E-state index contributed by atoms with van der Waals surface area (Å²) in [6.45, 7) is 2.47.